The minimum absolute atomic E-state index is 0.163. The Kier molecular flexibility index (Phi) is 6.16. The molecule has 0 aromatic heterocycles. The van der Waals surface area contributed by atoms with Gasteiger partial charge in [0.15, 0.2) is 5.96 Å². The maximum atomic E-state index is 13.6. The molecule has 0 saturated carbocycles. The monoisotopic (exact) mass is 359 g/mol. The van der Waals surface area contributed by atoms with Gasteiger partial charge in [0.25, 0.3) is 0 Å². The van der Waals surface area contributed by atoms with Crippen LogP contribution in [0.5, 0.6) is 0 Å². The number of guanidine groups is 1. The van der Waals surface area contributed by atoms with E-state index in [1.54, 1.807) is 0 Å². The van der Waals surface area contributed by atoms with Gasteiger partial charge in [0, 0.05) is 35.6 Å². The lowest BCUT2D eigenvalue weighted by Gasteiger charge is -2.27. The Bertz CT molecular complexity index is 475. The molecule has 2 rings (SSSR count). The van der Waals surface area contributed by atoms with Gasteiger partial charge in [-0.15, -0.1) is 0 Å². The number of rotatable bonds is 4. The van der Waals surface area contributed by atoms with Crippen molar-refractivity contribution in [3.8, 4) is 0 Å². The topological polar surface area (TPSA) is 41.6 Å². The Hall–Kier alpha value is -0.750. The van der Waals surface area contributed by atoms with E-state index in [0.717, 1.165) is 41.1 Å². The summed E-state index contributed by atoms with van der Waals surface area (Å²) in [6.45, 7) is 2.59. The van der Waals surface area contributed by atoms with E-state index >= 15 is 0 Å². The molecule has 1 heterocycles. The smallest absolute Gasteiger partial charge is 0.191 e. The second-order valence-electron chi connectivity index (χ2n) is 4.68. The molecule has 0 atom stereocenters. The number of nitrogens with zero attached hydrogens (tertiary/aromatic N) is 2. The third kappa shape index (κ3) is 4.66. The molecular formula is C14H19BrFN3S. The van der Waals surface area contributed by atoms with Gasteiger partial charge >= 0.3 is 0 Å². The van der Waals surface area contributed by atoms with Gasteiger partial charge in [0.05, 0.1) is 0 Å². The van der Waals surface area contributed by atoms with Gasteiger partial charge < -0.3 is 10.6 Å². The van der Waals surface area contributed by atoms with Crippen molar-refractivity contribution in [2.75, 3.05) is 31.1 Å². The Morgan fingerprint density at radius 1 is 1.40 bits per heavy atom. The number of thioether (sulfide) groups is 1. The van der Waals surface area contributed by atoms with Gasteiger partial charge in [0.1, 0.15) is 5.82 Å². The quantitative estimate of drug-likeness (QED) is 0.510. The highest BCUT2D eigenvalue weighted by Gasteiger charge is 2.11. The molecule has 1 saturated heterocycles. The Labute approximate surface area is 131 Å². The summed E-state index contributed by atoms with van der Waals surface area (Å²) in [5, 5.41) is 0. The molecule has 0 radical (unpaired) electrons. The first-order valence-corrected chi connectivity index (χ1v) is 8.68. The first-order valence-electron chi connectivity index (χ1n) is 6.73. The Morgan fingerprint density at radius 2 is 2.15 bits per heavy atom. The maximum absolute atomic E-state index is 13.6. The highest BCUT2D eigenvalue weighted by Crippen LogP contribution is 2.16. The fraction of sp³-hybridized carbons (Fsp3) is 0.500. The summed E-state index contributed by atoms with van der Waals surface area (Å²) < 4.78 is 14.4. The molecule has 2 N–H and O–H groups in total. The van der Waals surface area contributed by atoms with Crippen molar-refractivity contribution in [3.63, 3.8) is 0 Å². The maximum Gasteiger partial charge on any atom is 0.191 e. The van der Waals surface area contributed by atoms with E-state index < -0.39 is 0 Å². The zero-order chi connectivity index (χ0) is 14.4. The first-order chi connectivity index (χ1) is 9.66. The summed E-state index contributed by atoms with van der Waals surface area (Å²) in [5.41, 5.74) is 6.70. The largest absolute Gasteiger partial charge is 0.370 e. The summed E-state index contributed by atoms with van der Waals surface area (Å²) in [7, 11) is 0. The highest BCUT2D eigenvalue weighted by atomic mass is 79.9. The molecule has 0 bridgehead atoms. The van der Waals surface area contributed by atoms with Crippen LogP contribution in [0.3, 0.4) is 0 Å². The molecule has 0 amide bonds. The van der Waals surface area contributed by atoms with Crippen molar-refractivity contribution in [2.24, 2.45) is 10.7 Å². The zero-order valence-corrected chi connectivity index (χ0v) is 13.7. The first kappa shape index (κ1) is 15.6. The van der Waals surface area contributed by atoms with Crippen LogP contribution in [0.2, 0.25) is 0 Å². The second kappa shape index (κ2) is 7.88. The molecule has 1 aliphatic rings. The van der Waals surface area contributed by atoms with E-state index in [1.165, 1.54) is 6.07 Å². The summed E-state index contributed by atoms with van der Waals surface area (Å²) >= 11 is 5.20. The van der Waals surface area contributed by atoms with Gasteiger partial charge in [-0.1, -0.05) is 22.0 Å². The third-order valence-corrected chi connectivity index (χ3v) is 4.66. The predicted molar refractivity (Wildman–Crippen MR) is 87.8 cm³/mol. The van der Waals surface area contributed by atoms with Crippen LogP contribution in [0.15, 0.2) is 27.7 Å². The highest BCUT2D eigenvalue weighted by molar-refractivity contribution is 9.10. The van der Waals surface area contributed by atoms with Crippen molar-refractivity contribution in [1.82, 2.24) is 4.90 Å². The average Bonchev–Trinajstić information content (AvgIpc) is 2.46. The Balaban J connectivity index is 1.77. The van der Waals surface area contributed by atoms with E-state index in [-0.39, 0.29) is 5.82 Å². The standard InChI is InChI=1S/C14H19BrFN3S/c15-12-4-3-11(13(16)10-12)2-1-5-18-14(17)19-6-8-20-9-7-19/h3-4,10H,1-2,5-9H2,(H2,17,18). The van der Waals surface area contributed by atoms with E-state index in [0.29, 0.717) is 18.9 Å². The normalized spacial score (nSPS) is 16.5. The number of aryl methyl sites for hydroxylation is 1. The average molecular weight is 360 g/mol. The number of halogens is 2. The van der Waals surface area contributed by atoms with Crippen molar-refractivity contribution in [3.05, 3.63) is 34.1 Å². The minimum atomic E-state index is -0.163. The van der Waals surface area contributed by atoms with Crippen molar-refractivity contribution < 1.29 is 4.39 Å². The van der Waals surface area contributed by atoms with Gasteiger partial charge in [-0.3, -0.25) is 4.99 Å². The van der Waals surface area contributed by atoms with Crippen LogP contribution in [0.25, 0.3) is 0 Å². The van der Waals surface area contributed by atoms with Crippen molar-refractivity contribution in [1.29, 1.82) is 0 Å². The predicted octanol–water partition coefficient (Wildman–Crippen LogP) is 2.88. The number of benzene rings is 1. The van der Waals surface area contributed by atoms with Gasteiger partial charge in [-0.2, -0.15) is 11.8 Å². The molecule has 1 aliphatic heterocycles. The number of nitrogens with two attached hydrogens (primary N) is 1. The summed E-state index contributed by atoms with van der Waals surface area (Å²) in [5.74, 6) is 2.69. The summed E-state index contributed by atoms with van der Waals surface area (Å²) in [6.07, 6.45) is 1.49. The second-order valence-corrected chi connectivity index (χ2v) is 6.82. The van der Waals surface area contributed by atoms with E-state index in [9.17, 15) is 4.39 Å². The van der Waals surface area contributed by atoms with Crippen LogP contribution >= 0.6 is 27.7 Å². The van der Waals surface area contributed by atoms with Crippen LogP contribution in [0.4, 0.5) is 4.39 Å². The van der Waals surface area contributed by atoms with Crippen LogP contribution in [0, 0.1) is 5.82 Å². The minimum Gasteiger partial charge on any atom is -0.370 e. The van der Waals surface area contributed by atoms with Gasteiger partial charge in [0.2, 0.25) is 0 Å². The molecule has 0 aliphatic carbocycles. The van der Waals surface area contributed by atoms with E-state index in [1.807, 2.05) is 23.9 Å². The fourth-order valence-corrected chi connectivity index (χ4v) is 3.32. The number of hydrogen-bond donors (Lipinski definition) is 1. The summed E-state index contributed by atoms with van der Waals surface area (Å²) in [4.78, 5) is 6.51. The van der Waals surface area contributed by atoms with Crippen LogP contribution in [0.1, 0.15) is 12.0 Å². The van der Waals surface area contributed by atoms with Crippen molar-refractivity contribution in [2.45, 2.75) is 12.8 Å². The lowest BCUT2D eigenvalue weighted by Crippen LogP contribution is -2.42. The lowest BCUT2D eigenvalue weighted by molar-refractivity contribution is 0.455. The summed E-state index contributed by atoms with van der Waals surface area (Å²) in [6, 6.07) is 5.17. The number of aliphatic imine (C=N–C) groups is 1. The molecule has 110 valence electrons. The number of hydrogen-bond acceptors (Lipinski definition) is 2. The molecule has 1 fully saturated rings. The van der Waals surface area contributed by atoms with Gasteiger partial charge in [-0.25, -0.2) is 4.39 Å². The van der Waals surface area contributed by atoms with Crippen LogP contribution in [-0.4, -0.2) is 42.0 Å². The van der Waals surface area contributed by atoms with E-state index in [4.69, 9.17) is 5.73 Å². The molecule has 1 aromatic rings. The molecule has 0 spiro atoms. The SMILES string of the molecule is NC(=NCCCc1ccc(Br)cc1F)N1CCSCC1. The van der Waals surface area contributed by atoms with Gasteiger partial charge in [-0.05, 0) is 30.5 Å². The molecule has 20 heavy (non-hydrogen) atoms. The molecule has 6 heteroatoms. The third-order valence-electron chi connectivity index (χ3n) is 3.23. The Morgan fingerprint density at radius 3 is 2.85 bits per heavy atom. The lowest BCUT2D eigenvalue weighted by atomic mass is 10.1. The van der Waals surface area contributed by atoms with Crippen LogP contribution in [-0.2, 0) is 6.42 Å². The molecular weight excluding hydrogens is 341 g/mol. The fourth-order valence-electron chi connectivity index (χ4n) is 2.08. The molecule has 0 unspecified atom stereocenters. The van der Waals surface area contributed by atoms with Crippen molar-refractivity contribution >= 4 is 33.7 Å². The zero-order valence-electron chi connectivity index (χ0n) is 11.3. The molecule has 3 nitrogen and oxygen atoms in total. The van der Waals surface area contributed by atoms with E-state index in [2.05, 4.69) is 25.8 Å². The van der Waals surface area contributed by atoms with Crippen LogP contribution < -0.4 is 5.73 Å². The molecule has 1 aromatic carbocycles.